The zero-order chi connectivity index (χ0) is 28.3. The van der Waals surface area contributed by atoms with E-state index in [4.69, 9.17) is 25.7 Å². The number of hydrogen-bond acceptors (Lipinski definition) is 9. The summed E-state index contributed by atoms with van der Waals surface area (Å²) >= 11 is 0. The summed E-state index contributed by atoms with van der Waals surface area (Å²) in [4.78, 5) is 39.4. The molecule has 212 valence electrons. The first-order valence-corrected chi connectivity index (χ1v) is 13.4. The van der Waals surface area contributed by atoms with Gasteiger partial charge in [0.1, 0.15) is 6.10 Å². The molecule has 1 aliphatic rings. The molecular weight excluding hydrogens is 502 g/mol. The molecule has 1 amide bonds. The van der Waals surface area contributed by atoms with E-state index in [9.17, 15) is 19.5 Å². The molecule has 1 fully saturated rings. The van der Waals surface area contributed by atoms with Crippen molar-refractivity contribution in [1.82, 2.24) is 4.90 Å². The van der Waals surface area contributed by atoms with Crippen molar-refractivity contribution in [2.24, 2.45) is 11.5 Å². The van der Waals surface area contributed by atoms with E-state index in [1.54, 1.807) is 60.7 Å². The molecule has 2 aromatic carbocycles. The molecule has 10 heteroatoms. The fourth-order valence-corrected chi connectivity index (χ4v) is 4.49. The Morgan fingerprint density at radius 3 is 2.08 bits per heavy atom. The number of carbonyl (C=O) groups excluding carboxylic acids is 3. The molecule has 1 aliphatic heterocycles. The molecule has 0 radical (unpaired) electrons. The molecular formula is C29H39N3O7. The number of ether oxygens (including phenoxy) is 3. The Hall–Kier alpha value is -3.47. The number of benzene rings is 2. The number of nitrogens with two attached hydrogens (primary N) is 2. The lowest BCUT2D eigenvalue weighted by atomic mass is 9.86. The predicted octanol–water partition coefficient (Wildman–Crippen LogP) is 2.80. The average molecular weight is 542 g/mol. The predicted molar refractivity (Wildman–Crippen MR) is 144 cm³/mol. The van der Waals surface area contributed by atoms with E-state index in [-0.39, 0.29) is 25.6 Å². The Labute approximate surface area is 229 Å². The lowest BCUT2D eigenvalue weighted by molar-refractivity contribution is -0.170. The third kappa shape index (κ3) is 8.51. The Morgan fingerprint density at radius 2 is 1.54 bits per heavy atom. The Kier molecular flexibility index (Phi) is 11.3. The van der Waals surface area contributed by atoms with Crippen molar-refractivity contribution in [1.29, 1.82) is 0 Å². The van der Waals surface area contributed by atoms with E-state index in [0.29, 0.717) is 36.9 Å². The summed E-state index contributed by atoms with van der Waals surface area (Å²) in [6.07, 6.45) is 0.915. The molecule has 10 nitrogen and oxygen atoms in total. The van der Waals surface area contributed by atoms with E-state index in [1.165, 1.54) is 11.8 Å². The minimum Gasteiger partial charge on any atom is -0.460 e. The minimum absolute atomic E-state index is 0.0293. The first-order chi connectivity index (χ1) is 18.7. The van der Waals surface area contributed by atoms with Gasteiger partial charge in [0.05, 0.1) is 6.42 Å². The molecule has 1 heterocycles. The average Bonchev–Trinajstić information content (AvgIpc) is 2.93. The molecule has 0 bridgehead atoms. The normalized spacial score (nSPS) is 15.7. The van der Waals surface area contributed by atoms with Crippen LogP contribution in [0, 0.1) is 0 Å². The Morgan fingerprint density at radius 1 is 0.974 bits per heavy atom. The molecule has 3 rings (SSSR count). The van der Waals surface area contributed by atoms with E-state index in [2.05, 4.69) is 0 Å². The van der Waals surface area contributed by atoms with E-state index < -0.39 is 36.0 Å². The van der Waals surface area contributed by atoms with Crippen molar-refractivity contribution < 1.29 is 33.7 Å². The highest BCUT2D eigenvalue weighted by Gasteiger charge is 2.43. The smallest absolute Gasteiger partial charge is 0.412 e. The van der Waals surface area contributed by atoms with Gasteiger partial charge in [0, 0.05) is 38.9 Å². The van der Waals surface area contributed by atoms with Crippen LogP contribution in [0.4, 0.5) is 4.79 Å². The van der Waals surface area contributed by atoms with Gasteiger partial charge in [-0.3, -0.25) is 4.79 Å². The number of likely N-dealkylation sites (tertiary alicyclic amines) is 1. The largest absolute Gasteiger partial charge is 0.460 e. The number of unbranched alkanes of at least 4 members (excludes halogenated alkanes) is 1. The number of hydrogen-bond donors (Lipinski definition) is 3. The summed E-state index contributed by atoms with van der Waals surface area (Å²) in [5.41, 5.74) is 10.2. The summed E-state index contributed by atoms with van der Waals surface area (Å²) < 4.78 is 16.2. The molecule has 0 saturated carbocycles. The summed E-state index contributed by atoms with van der Waals surface area (Å²) in [7, 11) is 0. The van der Waals surface area contributed by atoms with Crippen LogP contribution in [-0.2, 0) is 29.4 Å². The number of amides is 1. The van der Waals surface area contributed by atoms with Gasteiger partial charge in [0.25, 0.3) is 0 Å². The van der Waals surface area contributed by atoms with Gasteiger partial charge in [0.2, 0.25) is 11.9 Å². The zero-order valence-electron chi connectivity index (χ0n) is 22.4. The highest BCUT2D eigenvalue weighted by molar-refractivity contribution is 5.85. The second-order valence-corrected chi connectivity index (χ2v) is 9.72. The SMILES string of the molecule is CC(OC(=O)C[C@@H](N)CCCCN)OC(=O)N1CCC(OC(=O)C(O)(c2ccccc2)c2ccccc2)CC1. The molecule has 2 aromatic rings. The standard InChI is InChI=1S/C29H39N3O7/c1-21(37-26(33)20-24(31)14-8-9-17-30)38-28(35)32-18-15-25(16-19-32)39-27(34)29(36,22-10-4-2-5-11-22)23-12-6-3-7-13-23/h2-7,10-13,21,24-25,36H,8-9,14-20,30-31H2,1H3/t21?,24-/m0/s1. The van der Waals surface area contributed by atoms with Crippen LogP contribution in [0.25, 0.3) is 0 Å². The summed E-state index contributed by atoms with van der Waals surface area (Å²) in [6.45, 7) is 2.60. The van der Waals surface area contributed by atoms with Gasteiger partial charge in [-0.25, -0.2) is 9.59 Å². The molecule has 0 spiro atoms. The van der Waals surface area contributed by atoms with Crippen LogP contribution in [0.2, 0.25) is 0 Å². The van der Waals surface area contributed by atoms with Gasteiger partial charge in [-0.2, -0.15) is 0 Å². The van der Waals surface area contributed by atoms with Crippen LogP contribution in [0.15, 0.2) is 60.7 Å². The van der Waals surface area contributed by atoms with E-state index in [1.807, 2.05) is 0 Å². The molecule has 5 N–H and O–H groups in total. The highest BCUT2D eigenvalue weighted by atomic mass is 16.7. The number of piperidine rings is 1. The maximum absolute atomic E-state index is 13.3. The summed E-state index contributed by atoms with van der Waals surface area (Å²) in [6, 6.07) is 17.0. The number of aliphatic hydroxyl groups is 1. The van der Waals surface area contributed by atoms with Crippen molar-refractivity contribution in [3.63, 3.8) is 0 Å². The third-order valence-electron chi connectivity index (χ3n) is 6.67. The summed E-state index contributed by atoms with van der Waals surface area (Å²) in [5.74, 6) is -1.31. The van der Waals surface area contributed by atoms with Gasteiger partial charge in [-0.1, -0.05) is 67.1 Å². The van der Waals surface area contributed by atoms with Crippen LogP contribution < -0.4 is 11.5 Å². The molecule has 39 heavy (non-hydrogen) atoms. The quantitative estimate of drug-likeness (QED) is 0.209. The van der Waals surface area contributed by atoms with Crippen LogP contribution in [0.5, 0.6) is 0 Å². The number of nitrogens with zero attached hydrogens (tertiary/aromatic N) is 1. The molecule has 0 aromatic heterocycles. The van der Waals surface area contributed by atoms with Crippen molar-refractivity contribution in [2.75, 3.05) is 19.6 Å². The molecule has 0 aliphatic carbocycles. The fourth-order valence-electron chi connectivity index (χ4n) is 4.49. The lowest BCUT2D eigenvalue weighted by Gasteiger charge is -2.34. The Bertz CT molecular complexity index is 1020. The second-order valence-electron chi connectivity index (χ2n) is 9.72. The van der Waals surface area contributed by atoms with Gasteiger partial charge < -0.3 is 35.7 Å². The van der Waals surface area contributed by atoms with Gasteiger partial charge in [0.15, 0.2) is 0 Å². The highest BCUT2D eigenvalue weighted by Crippen LogP contribution is 2.32. The van der Waals surface area contributed by atoms with Gasteiger partial charge in [-0.05, 0) is 30.5 Å². The van der Waals surface area contributed by atoms with Crippen LogP contribution in [0.3, 0.4) is 0 Å². The van der Waals surface area contributed by atoms with Crippen molar-refractivity contribution in [3.8, 4) is 0 Å². The lowest BCUT2D eigenvalue weighted by Crippen LogP contribution is -2.45. The molecule has 2 atom stereocenters. The van der Waals surface area contributed by atoms with Crippen molar-refractivity contribution >= 4 is 18.0 Å². The topological polar surface area (TPSA) is 154 Å². The van der Waals surface area contributed by atoms with E-state index in [0.717, 1.165) is 12.8 Å². The van der Waals surface area contributed by atoms with Gasteiger partial charge in [-0.15, -0.1) is 0 Å². The number of carbonyl (C=O) groups is 3. The first-order valence-electron chi connectivity index (χ1n) is 13.4. The van der Waals surface area contributed by atoms with Crippen LogP contribution in [0.1, 0.15) is 56.6 Å². The van der Waals surface area contributed by atoms with Crippen LogP contribution >= 0.6 is 0 Å². The second kappa shape index (κ2) is 14.6. The Balaban J connectivity index is 1.48. The molecule has 1 unspecified atom stereocenters. The maximum atomic E-state index is 13.3. The van der Waals surface area contributed by atoms with E-state index >= 15 is 0 Å². The van der Waals surface area contributed by atoms with Crippen molar-refractivity contribution in [2.45, 2.75) is 69.5 Å². The summed E-state index contributed by atoms with van der Waals surface area (Å²) in [5, 5.41) is 11.6. The van der Waals surface area contributed by atoms with Crippen LogP contribution in [-0.4, -0.2) is 66.1 Å². The monoisotopic (exact) mass is 541 g/mol. The number of rotatable bonds is 12. The minimum atomic E-state index is -1.97. The third-order valence-corrected chi connectivity index (χ3v) is 6.67. The molecule has 1 saturated heterocycles. The van der Waals surface area contributed by atoms with Gasteiger partial charge >= 0.3 is 18.0 Å². The zero-order valence-corrected chi connectivity index (χ0v) is 22.4. The maximum Gasteiger partial charge on any atom is 0.412 e. The number of esters is 2. The first kappa shape index (κ1) is 30.1. The fraction of sp³-hybridized carbons (Fsp3) is 0.483. The van der Waals surface area contributed by atoms with Crippen molar-refractivity contribution in [3.05, 3.63) is 71.8 Å².